The first-order valence-electron chi connectivity index (χ1n) is 7.32. The maximum atomic E-state index is 11.4. The van der Waals surface area contributed by atoms with Crippen molar-refractivity contribution in [2.45, 2.75) is 52.1 Å². The molecule has 19 heavy (non-hydrogen) atoms. The average molecular weight is 290 g/mol. The summed E-state index contributed by atoms with van der Waals surface area (Å²) in [4.78, 5) is 2.37. The molecule has 1 N–H and O–H groups in total. The Hall–Kier alpha value is -0.130. The van der Waals surface area contributed by atoms with E-state index in [9.17, 15) is 8.42 Å². The summed E-state index contributed by atoms with van der Waals surface area (Å²) in [7, 11) is -2.88. The zero-order valence-corrected chi connectivity index (χ0v) is 13.9. The van der Waals surface area contributed by atoms with Gasteiger partial charge in [-0.15, -0.1) is 0 Å². The number of piperazine rings is 1. The van der Waals surface area contributed by atoms with Gasteiger partial charge < -0.3 is 5.32 Å². The number of nitrogens with zero attached hydrogens (tertiary/aromatic N) is 1. The third kappa shape index (κ3) is 5.40. The van der Waals surface area contributed by atoms with Crippen molar-refractivity contribution in [2.24, 2.45) is 5.92 Å². The minimum atomic E-state index is -2.88. The van der Waals surface area contributed by atoms with Crippen LogP contribution in [0.25, 0.3) is 0 Å². The lowest BCUT2D eigenvalue weighted by atomic mass is 9.90. The summed E-state index contributed by atoms with van der Waals surface area (Å²) in [6.45, 7) is 11.4. The Kier molecular flexibility index (Phi) is 5.83. The van der Waals surface area contributed by atoms with Gasteiger partial charge in [-0.25, -0.2) is 8.42 Å². The third-order valence-corrected chi connectivity index (χ3v) is 5.15. The number of rotatable bonds is 6. The van der Waals surface area contributed by atoms with Crippen LogP contribution in [0.3, 0.4) is 0 Å². The highest BCUT2D eigenvalue weighted by molar-refractivity contribution is 7.90. The highest BCUT2D eigenvalue weighted by atomic mass is 32.2. The van der Waals surface area contributed by atoms with Crippen molar-refractivity contribution in [1.82, 2.24) is 10.2 Å². The van der Waals surface area contributed by atoms with Crippen molar-refractivity contribution in [3.63, 3.8) is 0 Å². The normalized spacial score (nSPS) is 29.9. The van der Waals surface area contributed by atoms with E-state index in [0.29, 0.717) is 18.5 Å². The number of hydrogen-bond acceptors (Lipinski definition) is 4. The highest BCUT2D eigenvalue weighted by Crippen LogP contribution is 2.24. The fourth-order valence-corrected chi connectivity index (χ4v) is 3.29. The molecule has 1 saturated heterocycles. The number of nitrogens with one attached hydrogen (secondary N) is 1. The molecule has 1 rings (SSSR count). The van der Waals surface area contributed by atoms with Gasteiger partial charge in [-0.1, -0.05) is 20.8 Å². The molecule has 114 valence electrons. The summed E-state index contributed by atoms with van der Waals surface area (Å²) < 4.78 is 22.8. The highest BCUT2D eigenvalue weighted by Gasteiger charge is 2.36. The standard InChI is InChI=1S/C14H30N2O2S/c1-6-14(4)11-15-13(9-12(2)3)10-16(14)7-8-19(5,17)18/h12-13,15H,6-11H2,1-5H3. The summed E-state index contributed by atoms with van der Waals surface area (Å²) in [5, 5.41) is 3.63. The summed E-state index contributed by atoms with van der Waals surface area (Å²) >= 11 is 0. The van der Waals surface area contributed by atoms with Gasteiger partial charge in [0.15, 0.2) is 0 Å². The Balaban J connectivity index is 2.68. The molecule has 4 nitrogen and oxygen atoms in total. The van der Waals surface area contributed by atoms with E-state index in [4.69, 9.17) is 0 Å². The second-order valence-corrected chi connectivity index (χ2v) is 8.89. The van der Waals surface area contributed by atoms with Crippen LogP contribution in [0, 0.1) is 5.92 Å². The molecule has 0 spiro atoms. The van der Waals surface area contributed by atoms with Crippen LogP contribution >= 0.6 is 0 Å². The van der Waals surface area contributed by atoms with Gasteiger partial charge in [-0.3, -0.25) is 4.90 Å². The molecule has 0 amide bonds. The van der Waals surface area contributed by atoms with Crippen molar-refractivity contribution in [1.29, 1.82) is 0 Å². The van der Waals surface area contributed by atoms with E-state index in [1.807, 2.05) is 0 Å². The first-order valence-corrected chi connectivity index (χ1v) is 9.38. The second kappa shape index (κ2) is 6.55. The van der Waals surface area contributed by atoms with Gasteiger partial charge in [0.1, 0.15) is 9.84 Å². The van der Waals surface area contributed by atoms with Crippen LogP contribution in [-0.2, 0) is 9.84 Å². The smallest absolute Gasteiger partial charge is 0.148 e. The summed E-state index contributed by atoms with van der Waals surface area (Å²) in [5.41, 5.74) is 0.0815. The minimum absolute atomic E-state index is 0.0815. The Bertz CT molecular complexity index is 381. The molecule has 0 aromatic heterocycles. The summed E-state index contributed by atoms with van der Waals surface area (Å²) in [6.07, 6.45) is 3.51. The van der Waals surface area contributed by atoms with E-state index in [1.54, 1.807) is 0 Å². The van der Waals surface area contributed by atoms with Gasteiger partial charge in [0.2, 0.25) is 0 Å². The van der Waals surface area contributed by atoms with E-state index in [1.165, 1.54) is 6.26 Å². The SMILES string of the molecule is CCC1(C)CNC(CC(C)C)CN1CCS(C)(=O)=O. The molecule has 0 saturated carbocycles. The van der Waals surface area contributed by atoms with Crippen LogP contribution < -0.4 is 5.32 Å². The fourth-order valence-electron chi connectivity index (χ4n) is 2.74. The second-order valence-electron chi connectivity index (χ2n) is 6.63. The van der Waals surface area contributed by atoms with Crippen molar-refractivity contribution < 1.29 is 8.42 Å². The third-order valence-electron chi connectivity index (χ3n) is 4.23. The van der Waals surface area contributed by atoms with Crippen molar-refractivity contribution >= 4 is 9.84 Å². The molecule has 0 bridgehead atoms. The van der Waals surface area contributed by atoms with E-state index in [2.05, 4.69) is 37.9 Å². The first-order chi connectivity index (χ1) is 8.66. The summed E-state index contributed by atoms with van der Waals surface area (Å²) in [6, 6.07) is 0.485. The Morgan fingerprint density at radius 2 is 2.05 bits per heavy atom. The van der Waals surface area contributed by atoms with E-state index in [-0.39, 0.29) is 11.3 Å². The molecule has 2 atom stereocenters. The van der Waals surface area contributed by atoms with E-state index >= 15 is 0 Å². The molecular weight excluding hydrogens is 260 g/mol. The molecule has 1 heterocycles. The lowest BCUT2D eigenvalue weighted by Crippen LogP contribution is -2.63. The maximum Gasteiger partial charge on any atom is 0.148 e. The molecule has 0 radical (unpaired) electrons. The van der Waals surface area contributed by atoms with Gasteiger partial charge in [-0.2, -0.15) is 0 Å². The predicted octanol–water partition coefficient (Wildman–Crippen LogP) is 1.52. The molecule has 5 heteroatoms. The lowest BCUT2D eigenvalue weighted by molar-refractivity contribution is 0.0502. The Labute approximate surface area is 118 Å². The van der Waals surface area contributed by atoms with Gasteiger partial charge >= 0.3 is 0 Å². The predicted molar refractivity (Wildman–Crippen MR) is 81.2 cm³/mol. The van der Waals surface area contributed by atoms with Crippen molar-refractivity contribution in [3.8, 4) is 0 Å². The van der Waals surface area contributed by atoms with Crippen molar-refractivity contribution in [3.05, 3.63) is 0 Å². The Morgan fingerprint density at radius 3 is 2.53 bits per heavy atom. The van der Waals surface area contributed by atoms with Gasteiger partial charge in [0.25, 0.3) is 0 Å². The quantitative estimate of drug-likeness (QED) is 0.806. The largest absolute Gasteiger partial charge is 0.311 e. The molecule has 0 aromatic carbocycles. The zero-order valence-electron chi connectivity index (χ0n) is 13.1. The first kappa shape index (κ1) is 16.9. The van der Waals surface area contributed by atoms with Crippen LogP contribution in [0.2, 0.25) is 0 Å². The minimum Gasteiger partial charge on any atom is -0.311 e. The van der Waals surface area contributed by atoms with E-state index < -0.39 is 9.84 Å². The number of sulfone groups is 1. The van der Waals surface area contributed by atoms with Crippen molar-refractivity contribution in [2.75, 3.05) is 31.6 Å². The zero-order chi connectivity index (χ0) is 14.7. The van der Waals surface area contributed by atoms with Crippen LogP contribution in [0.1, 0.15) is 40.5 Å². The topological polar surface area (TPSA) is 49.4 Å². The lowest BCUT2D eigenvalue weighted by Gasteiger charge is -2.48. The molecule has 0 aliphatic carbocycles. The van der Waals surface area contributed by atoms with Gasteiger partial charge in [0, 0.05) is 37.5 Å². The molecule has 1 fully saturated rings. The number of hydrogen-bond donors (Lipinski definition) is 1. The van der Waals surface area contributed by atoms with Crippen LogP contribution in [0.15, 0.2) is 0 Å². The van der Waals surface area contributed by atoms with Gasteiger partial charge in [0.05, 0.1) is 5.75 Å². The molecule has 1 aliphatic rings. The molecular formula is C14H30N2O2S. The average Bonchev–Trinajstić information content (AvgIpc) is 2.28. The van der Waals surface area contributed by atoms with Crippen LogP contribution in [-0.4, -0.2) is 56.5 Å². The maximum absolute atomic E-state index is 11.4. The Morgan fingerprint density at radius 1 is 1.42 bits per heavy atom. The monoisotopic (exact) mass is 290 g/mol. The van der Waals surface area contributed by atoms with Crippen LogP contribution in [0.5, 0.6) is 0 Å². The fraction of sp³-hybridized carbons (Fsp3) is 1.00. The summed E-state index contributed by atoms with van der Waals surface area (Å²) in [5.74, 6) is 0.928. The van der Waals surface area contributed by atoms with Gasteiger partial charge in [-0.05, 0) is 25.7 Å². The molecule has 0 aromatic rings. The van der Waals surface area contributed by atoms with Crippen LogP contribution in [0.4, 0.5) is 0 Å². The molecule has 1 aliphatic heterocycles. The molecule has 2 unspecified atom stereocenters. The van der Waals surface area contributed by atoms with E-state index in [0.717, 1.165) is 25.9 Å².